The lowest BCUT2D eigenvalue weighted by Crippen LogP contribution is -2.45. The van der Waals surface area contributed by atoms with Gasteiger partial charge in [0, 0.05) is 18.8 Å². The van der Waals surface area contributed by atoms with E-state index in [0.29, 0.717) is 13.1 Å². The molecule has 1 atom stereocenters. The lowest BCUT2D eigenvalue weighted by atomic mass is 10.2. The van der Waals surface area contributed by atoms with Crippen molar-refractivity contribution in [2.45, 2.75) is 25.6 Å². The fourth-order valence-electron chi connectivity index (χ4n) is 2.34. The number of amides is 2. The van der Waals surface area contributed by atoms with E-state index in [1.807, 2.05) is 0 Å². The van der Waals surface area contributed by atoms with E-state index in [0.717, 1.165) is 18.6 Å². The van der Waals surface area contributed by atoms with Gasteiger partial charge >= 0.3 is 6.18 Å². The molecule has 1 aliphatic heterocycles. The van der Waals surface area contributed by atoms with Gasteiger partial charge in [-0.15, -0.1) is 0 Å². The highest BCUT2D eigenvalue weighted by Crippen LogP contribution is 2.29. The van der Waals surface area contributed by atoms with E-state index in [4.69, 9.17) is 0 Å². The highest BCUT2D eigenvalue weighted by Gasteiger charge is 2.30. The van der Waals surface area contributed by atoms with E-state index in [2.05, 4.69) is 10.6 Å². The second-order valence-electron chi connectivity index (χ2n) is 5.41. The standard InChI is InChI=1S/C15H18F3N3O2/c1-10-14(23)19-7-2-8-21(10)9-13(22)20-12-5-3-11(4-6-12)15(16,17)18/h3-6,10H,2,7-9H2,1H3,(H,19,23)(H,20,22)/t10-/m0/s1. The van der Waals surface area contributed by atoms with Gasteiger partial charge < -0.3 is 10.6 Å². The fourth-order valence-corrected chi connectivity index (χ4v) is 2.34. The number of alkyl halides is 3. The van der Waals surface area contributed by atoms with E-state index >= 15 is 0 Å². The molecule has 0 spiro atoms. The van der Waals surface area contributed by atoms with Crippen LogP contribution >= 0.6 is 0 Å². The minimum Gasteiger partial charge on any atom is -0.355 e. The van der Waals surface area contributed by atoms with E-state index in [1.165, 1.54) is 12.1 Å². The number of halogens is 3. The van der Waals surface area contributed by atoms with Gasteiger partial charge in [0.05, 0.1) is 18.2 Å². The maximum Gasteiger partial charge on any atom is 0.416 e. The molecule has 2 amide bonds. The maximum absolute atomic E-state index is 12.5. The summed E-state index contributed by atoms with van der Waals surface area (Å²) in [6, 6.07) is 3.82. The first kappa shape index (κ1) is 17.3. The molecule has 8 heteroatoms. The Bertz CT molecular complexity index is 572. The molecule has 0 aliphatic carbocycles. The van der Waals surface area contributed by atoms with Crippen LogP contribution in [0.4, 0.5) is 18.9 Å². The van der Waals surface area contributed by atoms with Crippen LogP contribution in [0.2, 0.25) is 0 Å². The quantitative estimate of drug-likeness (QED) is 0.890. The first-order valence-electron chi connectivity index (χ1n) is 7.26. The molecule has 1 saturated heterocycles. The van der Waals surface area contributed by atoms with Gasteiger partial charge in [-0.25, -0.2) is 0 Å². The number of nitrogens with one attached hydrogen (secondary N) is 2. The van der Waals surface area contributed by atoms with Crippen LogP contribution in [0.15, 0.2) is 24.3 Å². The summed E-state index contributed by atoms with van der Waals surface area (Å²) in [5.41, 5.74) is -0.483. The summed E-state index contributed by atoms with van der Waals surface area (Å²) in [7, 11) is 0. The molecule has 0 bridgehead atoms. The van der Waals surface area contributed by atoms with Crippen molar-refractivity contribution >= 4 is 17.5 Å². The number of anilines is 1. The average Bonchev–Trinajstić information content (AvgIpc) is 2.62. The van der Waals surface area contributed by atoms with Crippen LogP contribution in [0.25, 0.3) is 0 Å². The summed E-state index contributed by atoms with van der Waals surface area (Å²) in [6.07, 6.45) is -3.67. The summed E-state index contributed by atoms with van der Waals surface area (Å²) >= 11 is 0. The molecule has 126 valence electrons. The molecule has 2 N–H and O–H groups in total. The molecule has 0 saturated carbocycles. The Morgan fingerprint density at radius 1 is 1.35 bits per heavy atom. The second kappa shape index (κ2) is 6.99. The highest BCUT2D eigenvalue weighted by atomic mass is 19.4. The lowest BCUT2D eigenvalue weighted by Gasteiger charge is -2.24. The summed E-state index contributed by atoms with van der Waals surface area (Å²) in [5, 5.41) is 5.29. The maximum atomic E-state index is 12.5. The third-order valence-corrected chi connectivity index (χ3v) is 3.69. The Hall–Kier alpha value is -2.09. The summed E-state index contributed by atoms with van der Waals surface area (Å²) in [4.78, 5) is 25.5. The van der Waals surface area contributed by atoms with Gasteiger partial charge in [-0.2, -0.15) is 13.2 Å². The zero-order valence-electron chi connectivity index (χ0n) is 12.6. The Balaban J connectivity index is 1.95. The molecule has 5 nitrogen and oxygen atoms in total. The third kappa shape index (κ3) is 4.69. The average molecular weight is 329 g/mol. The third-order valence-electron chi connectivity index (χ3n) is 3.69. The van der Waals surface area contributed by atoms with Gasteiger partial charge in [-0.1, -0.05) is 0 Å². The van der Waals surface area contributed by atoms with Crippen molar-refractivity contribution in [1.82, 2.24) is 10.2 Å². The van der Waals surface area contributed by atoms with Crippen LogP contribution in [-0.4, -0.2) is 42.4 Å². The SMILES string of the molecule is C[C@H]1C(=O)NCCCN1CC(=O)Nc1ccc(C(F)(F)F)cc1. The first-order chi connectivity index (χ1) is 10.8. The van der Waals surface area contributed by atoms with Crippen LogP contribution < -0.4 is 10.6 Å². The fraction of sp³-hybridized carbons (Fsp3) is 0.467. The molecule has 0 aromatic heterocycles. The molecule has 0 unspecified atom stereocenters. The number of benzene rings is 1. The zero-order valence-corrected chi connectivity index (χ0v) is 12.6. The predicted molar refractivity (Wildman–Crippen MR) is 78.7 cm³/mol. The van der Waals surface area contributed by atoms with Crippen molar-refractivity contribution in [3.8, 4) is 0 Å². The van der Waals surface area contributed by atoms with Crippen molar-refractivity contribution in [3.05, 3.63) is 29.8 Å². The Morgan fingerprint density at radius 3 is 2.61 bits per heavy atom. The molecule has 0 radical (unpaired) electrons. The number of carbonyl (C=O) groups is 2. The largest absolute Gasteiger partial charge is 0.416 e. The molecular formula is C15H18F3N3O2. The van der Waals surface area contributed by atoms with Crippen LogP contribution in [0, 0.1) is 0 Å². The lowest BCUT2D eigenvalue weighted by molar-refractivity contribution is -0.137. The molecule has 1 aliphatic rings. The Kier molecular flexibility index (Phi) is 5.25. The first-order valence-corrected chi connectivity index (χ1v) is 7.26. The van der Waals surface area contributed by atoms with Crippen molar-refractivity contribution in [2.75, 3.05) is 25.0 Å². The van der Waals surface area contributed by atoms with Crippen LogP contribution in [0.5, 0.6) is 0 Å². The van der Waals surface area contributed by atoms with Crippen molar-refractivity contribution < 1.29 is 22.8 Å². The number of rotatable bonds is 3. The smallest absolute Gasteiger partial charge is 0.355 e. The van der Waals surface area contributed by atoms with E-state index < -0.39 is 17.8 Å². The molecule has 2 rings (SSSR count). The summed E-state index contributed by atoms with van der Waals surface area (Å²) in [6.45, 7) is 2.89. The van der Waals surface area contributed by atoms with Gasteiger partial charge in [-0.3, -0.25) is 14.5 Å². The number of carbonyl (C=O) groups excluding carboxylic acids is 2. The molecule has 1 fully saturated rings. The molecule has 23 heavy (non-hydrogen) atoms. The number of hydrogen-bond acceptors (Lipinski definition) is 3. The summed E-state index contributed by atoms with van der Waals surface area (Å²) < 4.78 is 37.4. The van der Waals surface area contributed by atoms with E-state index in [1.54, 1.807) is 11.8 Å². The van der Waals surface area contributed by atoms with Crippen LogP contribution in [-0.2, 0) is 15.8 Å². The van der Waals surface area contributed by atoms with Crippen LogP contribution in [0.3, 0.4) is 0 Å². The molecule has 1 aromatic carbocycles. The molecular weight excluding hydrogens is 311 g/mol. The van der Waals surface area contributed by atoms with Crippen molar-refractivity contribution in [1.29, 1.82) is 0 Å². The number of hydrogen-bond donors (Lipinski definition) is 2. The van der Waals surface area contributed by atoms with Gasteiger partial charge in [0.2, 0.25) is 11.8 Å². The monoisotopic (exact) mass is 329 g/mol. The predicted octanol–water partition coefficient (Wildman–Crippen LogP) is 1.85. The van der Waals surface area contributed by atoms with Gasteiger partial charge in [0.25, 0.3) is 0 Å². The topological polar surface area (TPSA) is 61.4 Å². The minimum atomic E-state index is -4.41. The molecule has 1 aromatic rings. The van der Waals surface area contributed by atoms with E-state index in [9.17, 15) is 22.8 Å². The minimum absolute atomic E-state index is 0.00953. The second-order valence-corrected chi connectivity index (χ2v) is 5.41. The molecule has 1 heterocycles. The normalized spacial score (nSPS) is 19.8. The van der Waals surface area contributed by atoms with Crippen molar-refractivity contribution in [3.63, 3.8) is 0 Å². The summed E-state index contributed by atoms with van der Waals surface area (Å²) in [5.74, 6) is -0.504. The van der Waals surface area contributed by atoms with Crippen LogP contribution in [0.1, 0.15) is 18.9 Å². The zero-order chi connectivity index (χ0) is 17.0. The van der Waals surface area contributed by atoms with Gasteiger partial charge in [0.15, 0.2) is 0 Å². The Morgan fingerprint density at radius 2 is 2.00 bits per heavy atom. The van der Waals surface area contributed by atoms with Gasteiger partial charge in [0.1, 0.15) is 0 Å². The Labute approximate surface area is 131 Å². The van der Waals surface area contributed by atoms with Gasteiger partial charge in [-0.05, 0) is 37.6 Å². The van der Waals surface area contributed by atoms with E-state index in [-0.39, 0.29) is 24.0 Å². The highest BCUT2D eigenvalue weighted by molar-refractivity contribution is 5.93. The van der Waals surface area contributed by atoms with Crippen molar-refractivity contribution in [2.24, 2.45) is 0 Å². The number of nitrogens with zero attached hydrogens (tertiary/aromatic N) is 1.